The number of nitrogens with zero attached hydrogens (tertiary/aromatic N) is 1. The fourth-order valence-corrected chi connectivity index (χ4v) is 1.70. The van der Waals surface area contributed by atoms with Crippen molar-refractivity contribution in [3.63, 3.8) is 0 Å². The third kappa shape index (κ3) is 4.46. The topological polar surface area (TPSA) is 89.9 Å². The number of anilines is 1. The molecular weight excluding hydrogens is 260 g/mol. The van der Waals surface area contributed by atoms with Gasteiger partial charge in [-0.2, -0.15) is 0 Å². The minimum atomic E-state index is -1.04. The molecule has 1 unspecified atom stereocenters. The Bertz CT molecular complexity index is 459. The van der Waals surface area contributed by atoms with Gasteiger partial charge in [0.25, 0.3) is 0 Å². The van der Waals surface area contributed by atoms with Gasteiger partial charge < -0.3 is 15.5 Å². The average Bonchev–Trinajstić information content (AvgIpc) is 2.42. The second kappa shape index (κ2) is 7.37. The summed E-state index contributed by atoms with van der Waals surface area (Å²) in [7, 11) is 1.54. The van der Waals surface area contributed by atoms with Crippen LogP contribution in [0.4, 0.5) is 10.5 Å². The van der Waals surface area contributed by atoms with Crippen LogP contribution in [-0.2, 0) is 4.79 Å². The Hall–Kier alpha value is -2.24. The summed E-state index contributed by atoms with van der Waals surface area (Å²) in [5.74, 6) is -0.931. The summed E-state index contributed by atoms with van der Waals surface area (Å²) in [6, 6.07) is 4.71. The van der Waals surface area contributed by atoms with Crippen LogP contribution in [0.15, 0.2) is 24.3 Å². The van der Waals surface area contributed by atoms with Crippen LogP contribution in [0.3, 0.4) is 0 Å². The number of carboxylic acids is 1. The van der Waals surface area contributed by atoms with Crippen LogP contribution in [0.2, 0.25) is 0 Å². The number of aliphatic carboxylic acids is 1. The van der Waals surface area contributed by atoms with Crippen LogP contribution in [0, 0.1) is 0 Å². The second-order valence-corrected chi connectivity index (χ2v) is 4.56. The number of carboxylic acid groups (broad SMARTS) is 1. The van der Waals surface area contributed by atoms with Gasteiger partial charge >= 0.3 is 12.0 Å². The quantitative estimate of drug-likeness (QED) is 0.745. The van der Waals surface area contributed by atoms with Crippen molar-refractivity contribution in [1.82, 2.24) is 5.32 Å². The smallest absolute Gasteiger partial charge is 0.326 e. The number of nitrogens with one attached hydrogen (secondary N) is 1. The van der Waals surface area contributed by atoms with Crippen molar-refractivity contribution in [3.8, 4) is 5.75 Å². The monoisotopic (exact) mass is 280 g/mol. The van der Waals surface area contributed by atoms with Gasteiger partial charge in [0.05, 0.1) is 0 Å². The number of amides is 2. The first kappa shape index (κ1) is 15.8. The Morgan fingerprint density at radius 3 is 2.40 bits per heavy atom. The SMILES string of the molecule is CCCCC(NC(=O)N(C)c1ccc(O)cc1)C(=O)O. The average molecular weight is 280 g/mol. The van der Waals surface area contributed by atoms with Crippen LogP contribution >= 0.6 is 0 Å². The van der Waals surface area contributed by atoms with Crippen LogP contribution in [0.1, 0.15) is 26.2 Å². The number of unbranched alkanes of at least 4 members (excludes halogenated alkanes) is 1. The first-order valence-electron chi connectivity index (χ1n) is 6.51. The number of rotatable bonds is 6. The first-order valence-corrected chi connectivity index (χ1v) is 6.51. The van der Waals surface area contributed by atoms with E-state index in [0.29, 0.717) is 12.1 Å². The number of aromatic hydroxyl groups is 1. The highest BCUT2D eigenvalue weighted by atomic mass is 16.4. The number of phenolic OH excluding ortho intramolecular Hbond substituents is 1. The Morgan fingerprint density at radius 1 is 1.30 bits per heavy atom. The molecule has 0 spiro atoms. The van der Waals surface area contributed by atoms with Crippen molar-refractivity contribution >= 4 is 17.7 Å². The van der Waals surface area contributed by atoms with Gasteiger partial charge in [-0.1, -0.05) is 19.8 Å². The molecule has 6 heteroatoms. The lowest BCUT2D eigenvalue weighted by molar-refractivity contribution is -0.139. The molecule has 0 saturated carbocycles. The Labute approximate surface area is 118 Å². The van der Waals surface area contributed by atoms with Crippen molar-refractivity contribution in [2.75, 3.05) is 11.9 Å². The molecule has 0 aliphatic heterocycles. The number of carbonyl (C=O) groups is 2. The van der Waals surface area contributed by atoms with E-state index in [-0.39, 0.29) is 5.75 Å². The van der Waals surface area contributed by atoms with E-state index in [1.54, 1.807) is 19.2 Å². The maximum Gasteiger partial charge on any atom is 0.326 e. The van der Waals surface area contributed by atoms with Gasteiger partial charge in [0, 0.05) is 12.7 Å². The molecule has 3 N–H and O–H groups in total. The van der Waals surface area contributed by atoms with Gasteiger partial charge in [0.1, 0.15) is 11.8 Å². The number of phenols is 1. The molecule has 0 aliphatic carbocycles. The Morgan fingerprint density at radius 2 is 1.90 bits per heavy atom. The summed E-state index contributed by atoms with van der Waals surface area (Å²) >= 11 is 0. The molecule has 0 saturated heterocycles. The van der Waals surface area contributed by atoms with Crippen LogP contribution in [-0.4, -0.2) is 35.3 Å². The molecule has 2 amide bonds. The summed E-state index contributed by atoms with van der Waals surface area (Å²) in [6.45, 7) is 1.96. The van der Waals surface area contributed by atoms with Crippen molar-refractivity contribution in [3.05, 3.63) is 24.3 Å². The summed E-state index contributed by atoms with van der Waals surface area (Å²) in [5, 5.41) is 20.8. The van der Waals surface area contributed by atoms with Crippen LogP contribution < -0.4 is 10.2 Å². The molecular formula is C14H20N2O4. The number of carbonyl (C=O) groups excluding carboxylic acids is 1. The Balaban J connectivity index is 2.68. The molecule has 0 heterocycles. The molecule has 1 rings (SSSR count). The summed E-state index contributed by atoms with van der Waals surface area (Å²) in [4.78, 5) is 24.4. The number of benzene rings is 1. The van der Waals surface area contributed by atoms with E-state index in [2.05, 4.69) is 5.32 Å². The molecule has 1 aromatic rings. The van der Waals surface area contributed by atoms with Gasteiger partial charge in [-0.05, 0) is 30.7 Å². The van der Waals surface area contributed by atoms with E-state index in [9.17, 15) is 14.7 Å². The van der Waals surface area contributed by atoms with Crippen LogP contribution in [0.25, 0.3) is 0 Å². The highest BCUT2D eigenvalue weighted by Crippen LogP contribution is 2.17. The zero-order valence-electron chi connectivity index (χ0n) is 11.7. The fraction of sp³-hybridized carbons (Fsp3) is 0.429. The van der Waals surface area contributed by atoms with E-state index < -0.39 is 18.0 Å². The van der Waals surface area contributed by atoms with Gasteiger partial charge in [-0.3, -0.25) is 4.90 Å². The lowest BCUT2D eigenvalue weighted by Crippen LogP contribution is -2.46. The molecule has 110 valence electrons. The predicted octanol–water partition coefficient (Wildman–Crippen LogP) is 2.18. The van der Waals surface area contributed by atoms with Crippen molar-refractivity contribution in [2.24, 2.45) is 0 Å². The second-order valence-electron chi connectivity index (χ2n) is 4.56. The van der Waals surface area contributed by atoms with Crippen molar-refractivity contribution < 1.29 is 19.8 Å². The largest absolute Gasteiger partial charge is 0.508 e. The third-order valence-electron chi connectivity index (χ3n) is 2.98. The molecule has 0 fully saturated rings. The number of hydrogen-bond acceptors (Lipinski definition) is 3. The molecule has 0 radical (unpaired) electrons. The Kier molecular flexibility index (Phi) is 5.83. The van der Waals surface area contributed by atoms with E-state index >= 15 is 0 Å². The highest BCUT2D eigenvalue weighted by molar-refractivity contribution is 5.94. The predicted molar refractivity (Wildman–Crippen MR) is 76.0 cm³/mol. The summed E-state index contributed by atoms with van der Waals surface area (Å²) < 4.78 is 0. The van der Waals surface area contributed by atoms with Gasteiger partial charge in [-0.25, -0.2) is 9.59 Å². The van der Waals surface area contributed by atoms with E-state index in [1.807, 2.05) is 6.92 Å². The third-order valence-corrected chi connectivity index (χ3v) is 2.98. The first-order chi connectivity index (χ1) is 9.45. The lowest BCUT2D eigenvalue weighted by atomic mass is 10.1. The molecule has 1 atom stereocenters. The van der Waals surface area contributed by atoms with Crippen LogP contribution in [0.5, 0.6) is 5.75 Å². The zero-order valence-corrected chi connectivity index (χ0v) is 11.7. The number of hydrogen-bond donors (Lipinski definition) is 3. The van der Waals surface area contributed by atoms with Gasteiger partial charge in [0.15, 0.2) is 0 Å². The molecule has 20 heavy (non-hydrogen) atoms. The summed E-state index contributed by atoms with van der Waals surface area (Å²) in [6.07, 6.45) is 2.01. The fourth-order valence-electron chi connectivity index (χ4n) is 1.70. The standard InChI is InChI=1S/C14H20N2O4/c1-3-4-5-12(13(18)19)15-14(20)16(2)10-6-8-11(17)9-7-10/h6-9,12,17H,3-5H2,1-2H3,(H,15,20)(H,18,19). The van der Waals surface area contributed by atoms with E-state index in [1.165, 1.54) is 17.0 Å². The zero-order chi connectivity index (χ0) is 15.1. The van der Waals surface area contributed by atoms with Gasteiger partial charge in [-0.15, -0.1) is 0 Å². The van der Waals surface area contributed by atoms with Crippen molar-refractivity contribution in [2.45, 2.75) is 32.2 Å². The molecule has 1 aromatic carbocycles. The normalized spacial score (nSPS) is 11.7. The minimum Gasteiger partial charge on any atom is -0.508 e. The van der Waals surface area contributed by atoms with Gasteiger partial charge in [0.2, 0.25) is 0 Å². The lowest BCUT2D eigenvalue weighted by Gasteiger charge is -2.21. The minimum absolute atomic E-state index is 0.105. The van der Waals surface area contributed by atoms with E-state index in [4.69, 9.17) is 5.11 Å². The molecule has 0 aromatic heterocycles. The van der Waals surface area contributed by atoms with Crippen molar-refractivity contribution in [1.29, 1.82) is 0 Å². The highest BCUT2D eigenvalue weighted by Gasteiger charge is 2.21. The maximum atomic E-state index is 12.0. The molecule has 0 aliphatic rings. The summed E-state index contributed by atoms with van der Waals surface area (Å²) in [5.41, 5.74) is 0.569. The molecule has 0 bridgehead atoms. The maximum absolute atomic E-state index is 12.0. The number of urea groups is 1. The molecule has 6 nitrogen and oxygen atoms in total. The van der Waals surface area contributed by atoms with E-state index in [0.717, 1.165) is 12.8 Å².